The van der Waals surface area contributed by atoms with E-state index in [4.69, 9.17) is 0 Å². The standard InChI is InChI=1S/C21H25N5O/c1-3-21(6-8-22-9-7-21)20(27)25-19-11-17-10-15(4-5-16(17)12-23-19)18-13-24-26(2)14-18/h4-5,10-14,22H,3,6-9H2,1-2H3,(H,23,25,27). The number of fused-ring (bicyclic) bond motifs is 1. The third-order valence-corrected chi connectivity index (χ3v) is 5.72. The second-order valence-corrected chi connectivity index (χ2v) is 7.37. The highest BCUT2D eigenvalue weighted by atomic mass is 16.2. The van der Waals surface area contributed by atoms with E-state index in [0.717, 1.165) is 54.3 Å². The highest BCUT2D eigenvalue weighted by Crippen LogP contribution is 2.34. The van der Waals surface area contributed by atoms with E-state index in [2.05, 4.69) is 45.8 Å². The van der Waals surface area contributed by atoms with Crippen LogP contribution >= 0.6 is 0 Å². The average Bonchev–Trinajstić information content (AvgIpc) is 3.14. The molecule has 0 spiro atoms. The summed E-state index contributed by atoms with van der Waals surface area (Å²) < 4.78 is 1.79. The van der Waals surface area contributed by atoms with Crippen molar-refractivity contribution in [2.24, 2.45) is 12.5 Å². The molecule has 140 valence electrons. The number of rotatable bonds is 4. The van der Waals surface area contributed by atoms with Crippen LogP contribution in [0, 0.1) is 5.41 Å². The Morgan fingerprint density at radius 2 is 2.00 bits per heavy atom. The van der Waals surface area contributed by atoms with E-state index in [1.807, 2.05) is 31.7 Å². The highest BCUT2D eigenvalue weighted by Gasteiger charge is 2.37. The third kappa shape index (κ3) is 3.45. The number of benzene rings is 1. The summed E-state index contributed by atoms with van der Waals surface area (Å²) in [5.74, 6) is 0.698. The molecule has 1 aliphatic heterocycles. The van der Waals surface area contributed by atoms with Crippen LogP contribution in [0.5, 0.6) is 0 Å². The zero-order chi connectivity index (χ0) is 18.9. The van der Waals surface area contributed by atoms with Gasteiger partial charge in [-0.25, -0.2) is 4.98 Å². The van der Waals surface area contributed by atoms with E-state index < -0.39 is 0 Å². The Morgan fingerprint density at radius 1 is 1.19 bits per heavy atom. The van der Waals surface area contributed by atoms with Crippen molar-refractivity contribution in [2.75, 3.05) is 18.4 Å². The van der Waals surface area contributed by atoms with E-state index in [1.54, 1.807) is 4.68 Å². The van der Waals surface area contributed by atoms with Crippen LogP contribution in [-0.2, 0) is 11.8 Å². The van der Waals surface area contributed by atoms with Crippen molar-refractivity contribution < 1.29 is 4.79 Å². The molecule has 1 aromatic carbocycles. The van der Waals surface area contributed by atoms with Crippen LogP contribution in [0.2, 0.25) is 0 Å². The van der Waals surface area contributed by atoms with Crippen molar-refractivity contribution in [3.05, 3.63) is 42.9 Å². The summed E-state index contributed by atoms with van der Waals surface area (Å²) in [6.07, 6.45) is 8.25. The molecule has 2 aromatic heterocycles. The molecule has 2 N–H and O–H groups in total. The highest BCUT2D eigenvalue weighted by molar-refractivity contribution is 5.97. The van der Waals surface area contributed by atoms with Crippen molar-refractivity contribution in [1.82, 2.24) is 20.1 Å². The quantitative estimate of drug-likeness (QED) is 0.746. The smallest absolute Gasteiger partial charge is 0.231 e. The van der Waals surface area contributed by atoms with Gasteiger partial charge in [-0.15, -0.1) is 0 Å². The summed E-state index contributed by atoms with van der Waals surface area (Å²) in [6, 6.07) is 8.19. The van der Waals surface area contributed by atoms with E-state index in [9.17, 15) is 4.79 Å². The Bertz CT molecular complexity index is 972. The second-order valence-electron chi connectivity index (χ2n) is 7.37. The molecule has 6 nitrogen and oxygen atoms in total. The Balaban J connectivity index is 1.61. The van der Waals surface area contributed by atoms with E-state index in [0.29, 0.717) is 5.82 Å². The first kappa shape index (κ1) is 17.7. The summed E-state index contributed by atoms with van der Waals surface area (Å²) in [5, 5.41) is 12.7. The molecule has 0 saturated carbocycles. The topological polar surface area (TPSA) is 71.8 Å². The molecule has 0 radical (unpaired) electrons. The van der Waals surface area contributed by atoms with Crippen LogP contribution in [-0.4, -0.2) is 33.8 Å². The van der Waals surface area contributed by atoms with Gasteiger partial charge in [-0.1, -0.05) is 19.1 Å². The van der Waals surface area contributed by atoms with E-state index >= 15 is 0 Å². The summed E-state index contributed by atoms with van der Waals surface area (Å²) in [7, 11) is 1.91. The Labute approximate surface area is 159 Å². The zero-order valence-electron chi connectivity index (χ0n) is 15.8. The van der Waals surface area contributed by atoms with Crippen LogP contribution < -0.4 is 10.6 Å². The molecule has 6 heteroatoms. The molecule has 1 saturated heterocycles. The number of hydrogen-bond acceptors (Lipinski definition) is 4. The minimum atomic E-state index is -0.292. The number of pyridine rings is 1. The van der Waals surface area contributed by atoms with Gasteiger partial charge in [0.1, 0.15) is 5.82 Å². The van der Waals surface area contributed by atoms with Crippen molar-refractivity contribution in [1.29, 1.82) is 0 Å². The van der Waals surface area contributed by atoms with Crippen LogP contribution in [0.4, 0.5) is 5.82 Å². The summed E-state index contributed by atoms with van der Waals surface area (Å²) in [6.45, 7) is 3.88. The first-order chi connectivity index (χ1) is 13.1. The number of amides is 1. The minimum absolute atomic E-state index is 0.0850. The SMILES string of the molecule is CCC1(C(=O)Nc2cc3cc(-c4cnn(C)c4)ccc3cn2)CCNCC1. The number of piperidine rings is 1. The van der Waals surface area contributed by atoms with Gasteiger partial charge in [0, 0.05) is 30.4 Å². The number of nitrogens with zero attached hydrogens (tertiary/aromatic N) is 3. The number of anilines is 1. The van der Waals surface area contributed by atoms with Gasteiger partial charge < -0.3 is 10.6 Å². The normalized spacial score (nSPS) is 16.4. The number of aryl methyl sites for hydroxylation is 1. The number of hydrogen-bond donors (Lipinski definition) is 2. The summed E-state index contributed by atoms with van der Waals surface area (Å²) in [5.41, 5.74) is 1.88. The van der Waals surface area contributed by atoms with Crippen molar-refractivity contribution in [3.8, 4) is 11.1 Å². The average molecular weight is 363 g/mol. The first-order valence-electron chi connectivity index (χ1n) is 9.51. The molecule has 1 amide bonds. The maximum atomic E-state index is 13.0. The maximum absolute atomic E-state index is 13.0. The lowest BCUT2D eigenvalue weighted by Crippen LogP contribution is -2.44. The van der Waals surface area contributed by atoms with Gasteiger partial charge in [-0.2, -0.15) is 5.10 Å². The van der Waals surface area contributed by atoms with Gasteiger partial charge in [0.2, 0.25) is 5.91 Å². The molecule has 1 aliphatic rings. The predicted molar refractivity (Wildman–Crippen MR) is 107 cm³/mol. The van der Waals surface area contributed by atoms with Crippen LogP contribution in [0.3, 0.4) is 0 Å². The number of carbonyl (C=O) groups is 1. The number of aromatic nitrogens is 3. The Morgan fingerprint density at radius 3 is 2.70 bits per heavy atom. The molecular weight excluding hydrogens is 338 g/mol. The molecule has 3 heterocycles. The van der Waals surface area contributed by atoms with E-state index in [-0.39, 0.29) is 11.3 Å². The van der Waals surface area contributed by atoms with Crippen molar-refractivity contribution in [2.45, 2.75) is 26.2 Å². The fourth-order valence-corrected chi connectivity index (χ4v) is 3.85. The summed E-state index contributed by atoms with van der Waals surface area (Å²) in [4.78, 5) is 17.4. The summed E-state index contributed by atoms with van der Waals surface area (Å²) >= 11 is 0. The molecular formula is C21H25N5O. The van der Waals surface area contributed by atoms with Gasteiger partial charge in [-0.05, 0) is 55.4 Å². The van der Waals surface area contributed by atoms with Crippen LogP contribution in [0.25, 0.3) is 21.9 Å². The van der Waals surface area contributed by atoms with Gasteiger partial charge in [-0.3, -0.25) is 9.48 Å². The second kappa shape index (κ2) is 7.12. The number of nitrogens with one attached hydrogen (secondary N) is 2. The van der Waals surface area contributed by atoms with E-state index in [1.165, 1.54) is 0 Å². The molecule has 0 atom stereocenters. The zero-order valence-corrected chi connectivity index (χ0v) is 15.8. The van der Waals surface area contributed by atoms with Crippen LogP contribution in [0.15, 0.2) is 42.9 Å². The lowest BCUT2D eigenvalue weighted by atomic mass is 9.76. The molecule has 0 bridgehead atoms. The molecule has 0 unspecified atom stereocenters. The Hall–Kier alpha value is -2.73. The molecule has 27 heavy (non-hydrogen) atoms. The van der Waals surface area contributed by atoms with Gasteiger partial charge in [0.25, 0.3) is 0 Å². The lowest BCUT2D eigenvalue weighted by molar-refractivity contribution is -0.127. The Kier molecular flexibility index (Phi) is 4.66. The molecule has 4 rings (SSSR count). The fraction of sp³-hybridized carbons (Fsp3) is 0.381. The monoisotopic (exact) mass is 363 g/mol. The lowest BCUT2D eigenvalue weighted by Gasteiger charge is -2.35. The number of carbonyl (C=O) groups excluding carboxylic acids is 1. The van der Waals surface area contributed by atoms with Crippen molar-refractivity contribution in [3.63, 3.8) is 0 Å². The largest absolute Gasteiger partial charge is 0.317 e. The van der Waals surface area contributed by atoms with Crippen LogP contribution in [0.1, 0.15) is 26.2 Å². The minimum Gasteiger partial charge on any atom is -0.317 e. The molecule has 0 aliphatic carbocycles. The molecule has 1 fully saturated rings. The maximum Gasteiger partial charge on any atom is 0.231 e. The predicted octanol–water partition coefficient (Wildman–Crippen LogP) is 3.35. The molecule has 3 aromatic rings. The van der Waals surface area contributed by atoms with Crippen molar-refractivity contribution >= 4 is 22.5 Å². The third-order valence-electron chi connectivity index (χ3n) is 5.72. The van der Waals surface area contributed by atoms with Gasteiger partial charge in [0.15, 0.2) is 0 Å². The van der Waals surface area contributed by atoms with Gasteiger partial charge in [0.05, 0.1) is 11.6 Å². The first-order valence-corrected chi connectivity index (χ1v) is 9.51. The van der Waals surface area contributed by atoms with Gasteiger partial charge >= 0.3 is 0 Å². The fourth-order valence-electron chi connectivity index (χ4n) is 3.85.